The number of nitrogens with two attached hydrogens (primary N) is 1. The minimum atomic E-state index is 0.345. The van der Waals surface area contributed by atoms with E-state index in [4.69, 9.17) is 5.73 Å². The molecule has 1 aliphatic heterocycles. The SMILES string of the molecule is CCC1(C)CNCCC1N. The Bertz CT molecular complexity index is 114. The Balaban J connectivity index is 2.54. The van der Waals surface area contributed by atoms with Crippen LogP contribution in [-0.2, 0) is 0 Å². The van der Waals surface area contributed by atoms with Crippen LogP contribution in [0.2, 0.25) is 0 Å². The molecule has 3 N–H and O–H groups in total. The fourth-order valence-electron chi connectivity index (χ4n) is 1.50. The first kappa shape index (κ1) is 8.02. The Kier molecular flexibility index (Phi) is 2.32. The molecule has 0 radical (unpaired) electrons. The van der Waals surface area contributed by atoms with Crippen LogP contribution in [0.4, 0.5) is 0 Å². The highest BCUT2D eigenvalue weighted by atomic mass is 14.9. The topological polar surface area (TPSA) is 38.0 Å². The number of rotatable bonds is 1. The highest BCUT2D eigenvalue weighted by molar-refractivity contribution is 4.90. The van der Waals surface area contributed by atoms with Crippen LogP contribution in [0.1, 0.15) is 26.7 Å². The lowest BCUT2D eigenvalue weighted by molar-refractivity contribution is 0.188. The summed E-state index contributed by atoms with van der Waals surface area (Å²) in [6.07, 6.45) is 2.31. The lowest BCUT2D eigenvalue weighted by atomic mass is 9.76. The third kappa shape index (κ3) is 1.32. The van der Waals surface area contributed by atoms with Crippen LogP contribution < -0.4 is 11.1 Å². The molecule has 1 rings (SSSR count). The zero-order valence-corrected chi connectivity index (χ0v) is 6.98. The summed E-state index contributed by atoms with van der Waals surface area (Å²) >= 11 is 0. The molecule has 1 fully saturated rings. The van der Waals surface area contributed by atoms with Crippen LogP contribution >= 0.6 is 0 Å². The molecule has 2 nitrogen and oxygen atoms in total. The van der Waals surface area contributed by atoms with Crippen molar-refractivity contribution in [2.24, 2.45) is 11.1 Å². The van der Waals surface area contributed by atoms with Crippen molar-refractivity contribution in [1.82, 2.24) is 5.32 Å². The molecule has 0 amide bonds. The number of piperidine rings is 1. The van der Waals surface area contributed by atoms with Gasteiger partial charge in [-0.15, -0.1) is 0 Å². The van der Waals surface area contributed by atoms with Gasteiger partial charge in [-0.25, -0.2) is 0 Å². The Morgan fingerprint density at radius 1 is 1.70 bits per heavy atom. The summed E-state index contributed by atoms with van der Waals surface area (Å²) in [5.74, 6) is 0. The molecule has 0 aromatic carbocycles. The molecule has 0 aromatic heterocycles. The van der Waals surface area contributed by atoms with E-state index in [1.807, 2.05) is 0 Å². The predicted molar refractivity (Wildman–Crippen MR) is 43.9 cm³/mol. The van der Waals surface area contributed by atoms with Crippen LogP contribution in [0.5, 0.6) is 0 Å². The molecular weight excluding hydrogens is 124 g/mol. The smallest absolute Gasteiger partial charge is 0.0117 e. The van der Waals surface area contributed by atoms with Gasteiger partial charge in [-0.3, -0.25) is 0 Å². The summed E-state index contributed by atoms with van der Waals surface area (Å²) in [6, 6.07) is 0.402. The van der Waals surface area contributed by atoms with Crippen molar-refractivity contribution in [2.45, 2.75) is 32.7 Å². The quantitative estimate of drug-likeness (QED) is 0.566. The van der Waals surface area contributed by atoms with Crippen molar-refractivity contribution >= 4 is 0 Å². The highest BCUT2D eigenvalue weighted by Gasteiger charge is 2.31. The van der Waals surface area contributed by atoms with Gasteiger partial charge in [-0.05, 0) is 24.8 Å². The van der Waals surface area contributed by atoms with E-state index in [9.17, 15) is 0 Å². The summed E-state index contributed by atoms with van der Waals surface area (Å²) in [7, 11) is 0. The van der Waals surface area contributed by atoms with Gasteiger partial charge in [0, 0.05) is 12.6 Å². The van der Waals surface area contributed by atoms with Gasteiger partial charge in [0.05, 0.1) is 0 Å². The molecule has 0 aliphatic carbocycles. The van der Waals surface area contributed by atoms with Crippen LogP contribution in [0.25, 0.3) is 0 Å². The van der Waals surface area contributed by atoms with Crippen LogP contribution in [0, 0.1) is 5.41 Å². The van der Waals surface area contributed by atoms with E-state index >= 15 is 0 Å². The summed E-state index contributed by atoms with van der Waals surface area (Å²) in [5.41, 5.74) is 6.33. The molecule has 2 heteroatoms. The van der Waals surface area contributed by atoms with Gasteiger partial charge < -0.3 is 11.1 Å². The zero-order valence-electron chi connectivity index (χ0n) is 6.98. The normalized spacial score (nSPS) is 41.7. The summed E-state index contributed by atoms with van der Waals surface area (Å²) in [4.78, 5) is 0. The molecule has 2 atom stereocenters. The molecule has 60 valence electrons. The first-order valence-corrected chi connectivity index (χ1v) is 4.15. The van der Waals surface area contributed by atoms with E-state index in [1.54, 1.807) is 0 Å². The van der Waals surface area contributed by atoms with Gasteiger partial charge in [0.25, 0.3) is 0 Å². The van der Waals surface area contributed by atoms with Crippen LogP contribution in [0.3, 0.4) is 0 Å². The van der Waals surface area contributed by atoms with Gasteiger partial charge in [0.1, 0.15) is 0 Å². The third-order valence-corrected chi connectivity index (χ3v) is 2.86. The first-order valence-electron chi connectivity index (χ1n) is 4.15. The van der Waals surface area contributed by atoms with Gasteiger partial charge in [-0.2, -0.15) is 0 Å². The number of nitrogens with one attached hydrogen (secondary N) is 1. The largest absolute Gasteiger partial charge is 0.327 e. The third-order valence-electron chi connectivity index (χ3n) is 2.86. The Morgan fingerprint density at radius 2 is 2.40 bits per heavy atom. The van der Waals surface area contributed by atoms with E-state index in [0.717, 1.165) is 19.5 Å². The van der Waals surface area contributed by atoms with E-state index < -0.39 is 0 Å². The maximum absolute atomic E-state index is 5.98. The monoisotopic (exact) mass is 142 g/mol. The fraction of sp³-hybridized carbons (Fsp3) is 1.00. The minimum Gasteiger partial charge on any atom is -0.327 e. The molecular formula is C8H18N2. The summed E-state index contributed by atoms with van der Waals surface area (Å²) in [5, 5.41) is 3.38. The molecule has 1 aliphatic rings. The van der Waals surface area contributed by atoms with Gasteiger partial charge >= 0.3 is 0 Å². The second kappa shape index (κ2) is 2.89. The molecule has 1 heterocycles. The first-order chi connectivity index (χ1) is 4.69. The van der Waals surface area contributed by atoms with Gasteiger partial charge in [0.2, 0.25) is 0 Å². The Morgan fingerprint density at radius 3 is 2.80 bits per heavy atom. The van der Waals surface area contributed by atoms with Gasteiger partial charge in [-0.1, -0.05) is 13.8 Å². The van der Waals surface area contributed by atoms with Crippen LogP contribution in [-0.4, -0.2) is 19.1 Å². The summed E-state index contributed by atoms with van der Waals surface area (Å²) in [6.45, 7) is 6.66. The molecule has 1 saturated heterocycles. The van der Waals surface area contributed by atoms with Crippen molar-refractivity contribution in [3.63, 3.8) is 0 Å². The van der Waals surface area contributed by atoms with Gasteiger partial charge in [0.15, 0.2) is 0 Å². The Hall–Kier alpha value is -0.0800. The number of hydrogen-bond donors (Lipinski definition) is 2. The molecule has 10 heavy (non-hydrogen) atoms. The van der Waals surface area contributed by atoms with Crippen LogP contribution in [0.15, 0.2) is 0 Å². The van der Waals surface area contributed by atoms with E-state index in [-0.39, 0.29) is 0 Å². The molecule has 0 spiro atoms. The van der Waals surface area contributed by atoms with E-state index in [2.05, 4.69) is 19.2 Å². The average molecular weight is 142 g/mol. The predicted octanol–water partition coefficient (Wildman–Crippen LogP) is 0.723. The lowest BCUT2D eigenvalue weighted by Gasteiger charge is -2.39. The molecule has 0 bridgehead atoms. The van der Waals surface area contributed by atoms with Crippen molar-refractivity contribution in [1.29, 1.82) is 0 Å². The van der Waals surface area contributed by atoms with E-state index in [0.29, 0.717) is 11.5 Å². The second-order valence-corrected chi connectivity index (χ2v) is 3.58. The second-order valence-electron chi connectivity index (χ2n) is 3.58. The van der Waals surface area contributed by atoms with Crippen molar-refractivity contribution in [3.8, 4) is 0 Å². The highest BCUT2D eigenvalue weighted by Crippen LogP contribution is 2.27. The maximum Gasteiger partial charge on any atom is 0.0117 e. The molecule has 2 unspecified atom stereocenters. The fourth-order valence-corrected chi connectivity index (χ4v) is 1.50. The number of hydrogen-bond acceptors (Lipinski definition) is 2. The van der Waals surface area contributed by atoms with Crippen molar-refractivity contribution in [3.05, 3.63) is 0 Å². The standard InChI is InChI=1S/C8H18N2/c1-3-8(2)6-10-5-4-7(8)9/h7,10H,3-6,9H2,1-2H3. The molecule has 0 saturated carbocycles. The zero-order chi connectivity index (χ0) is 7.61. The van der Waals surface area contributed by atoms with Crippen molar-refractivity contribution in [2.75, 3.05) is 13.1 Å². The minimum absolute atomic E-state index is 0.345. The maximum atomic E-state index is 5.98. The molecule has 0 aromatic rings. The summed E-state index contributed by atoms with van der Waals surface area (Å²) < 4.78 is 0. The lowest BCUT2D eigenvalue weighted by Crippen LogP contribution is -2.51. The van der Waals surface area contributed by atoms with Crippen molar-refractivity contribution < 1.29 is 0 Å². The van der Waals surface area contributed by atoms with E-state index in [1.165, 1.54) is 6.42 Å². The average Bonchev–Trinajstić information content (AvgIpc) is 1.96. The Labute approximate surface area is 63.2 Å².